The maximum atomic E-state index is 11.8. The maximum absolute atomic E-state index is 11.8. The molecule has 1 aliphatic heterocycles. The molecule has 4 atom stereocenters. The van der Waals surface area contributed by atoms with Gasteiger partial charge in [0, 0.05) is 6.20 Å². The Kier molecular flexibility index (Phi) is 3.91. The third kappa shape index (κ3) is 2.22. The first-order valence-corrected chi connectivity index (χ1v) is 6.08. The number of rotatable bonds is 3. The molecule has 8 heteroatoms. The van der Waals surface area contributed by atoms with Crippen molar-refractivity contribution in [3.63, 3.8) is 0 Å². The van der Waals surface area contributed by atoms with Crippen molar-refractivity contribution in [3.05, 3.63) is 34.9 Å². The highest BCUT2D eigenvalue weighted by Crippen LogP contribution is 2.37. The number of hydrogen-bond donors (Lipinski definition) is 4. The smallest absolute Gasteiger partial charge is 0.351 e. The van der Waals surface area contributed by atoms with E-state index in [-0.39, 0.29) is 5.82 Å². The second-order valence-electron chi connectivity index (χ2n) is 4.60. The van der Waals surface area contributed by atoms with Gasteiger partial charge in [0.15, 0.2) is 6.23 Å². The highest BCUT2D eigenvalue weighted by Gasteiger charge is 2.53. The fourth-order valence-corrected chi connectivity index (χ4v) is 2.25. The van der Waals surface area contributed by atoms with Crippen LogP contribution in [0.3, 0.4) is 0 Å². The van der Waals surface area contributed by atoms with Crippen LogP contribution in [0.2, 0.25) is 0 Å². The number of aromatic nitrogens is 2. The van der Waals surface area contributed by atoms with E-state index in [2.05, 4.69) is 4.98 Å². The topological polar surface area (TPSA) is 131 Å². The molecule has 1 aliphatic rings. The third-order valence-electron chi connectivity index (χ3n) is 3.28. The number of allylic oxidation sites excluding steroid dienone is 1. The molecule has 0 bridgehead atoms. The minimum absolute atomic E-state index is 0.0427. The minimum Gasteiger partial charge on any atom is -0.393 e. The first kappa shape index (κ1) is 14.7. The normalized spacial score (nSPS) is 33.9. The zero-order chi connectivity index (χ0) is 14.9. The number of nitrogen functional groups attached to an aromatic ring is 1. The lowest BCUT2D eigenvalue weighted by Gasteiger charge is -2.26. The summed E-state index contributed by atoms with van der Waals surface area (Å²) < 4.78 is 6.53. The van der Waals surface area contributed by atoms with E-state index in [1.165, 1.54) is 18.3 Å². The van der Waals surface area contributed by atoms with Gasteiger partial charge in [0.05, 0.1) is 6.61 Å². The van der Waals surface area contributed by atoms with E-state index in [1.54, 1.807) is 13.0 Å². The fraction of sp³-hybridized carbons (Fsp3) is 0.500. The molecule has 0 saturated carbocycles. The summed E-state index contributed by atoms with van der Waals surface area (Å²) in [6.45, 7) is 1.15. The number of aliphatic hydroxyl groups excluding tert-OH is 3. The summed E-state index contributed by atoms with van der Waals surface area (Å²) in [4.78, 5) is 15.3. The quantitative estimate of drug-likeness (QED) is 0.490. The van der Waals surface area contributed by atoms with E-state index in [1.807, 2.05) is 0 Å². The van der Waals surface area contributed by atoms with Gasteiger partial charge in [0.25, 0.3) is 0 Å². The molecular formula is C12H17N3O5. The molecule has 0 amide bonds. The Labute approximate surface area is 114 Å². The average molecular weight is 283 g/mol. The predicted octanol–water partition coefficient (Wildman–Crippen LogP) is -1.62. The van der Waals surface area contributed by atoms with Crippen LogP contribution in [0.4, 0.5) is 5.82 Å². The SMILES string of the molecule is C/C=C\[C@]1(CO)O[C@@H](n2ccc(N)nc2=O)[C@H](O)[C@@H]1O. The van der Waals surface area contributed by atoms with Crippen molar-refractivity contribution >= 4 is 5.82 Å². The third-order valence-corrected chi connectivity index (χ3v) is 3.28. The summed E-state index contributed by atoms with van der Waals surface area (Å²) >= 11 is 0. The molecule has 110 valence electrons. The summed E-state index contributed by atoms with van der Waals surface area (Å²) in [5.74, 6) is 0.0427. The molecule has 5 N–H and O–H groups in total. The van der Waals surface area contributed by atoms with Crippen LogP contribution in [0.25, 0.3) is 0 Å². The number of hydrogen-bond acceptors (Lipinski definition) is 7. The Balaban J connectivity index is 2.42. The zero-order valence-electron chi connectivity index (χ0n) is 10.9. The molecule has 1 fully saturated rings. The van der Waals surface area contributed by atoms with E-state index in [0.717, 1.165) is 4.57 Å². The van der Waals surface area contributed by atoms with E-state index in [9.17, 15) is 20.1 Å². The Morgan fingerprint density at radius 1 is 1.60 bits per heavy atom. The van der Waals surface area contributed by atoms with Crippen LogP contribution >= 0.6 is 0 Å². The minimum atomic E-state index is -1.46. The highest BCUT2D eigenvalue weighted by molar-refractivity contribution is 5.24. The molecule has 20 heavy (non-hydrogen) atoms. The van der Waals surface area contributed by atoms with Crippen LogP contribution in [-0.2, 0) is 4.74 Å². The highest BCUT2D eigenvalue weighted by atomic mass is 16.6. The van der Waals surface area contributed by atoms with Crippen molar-refractivity contribution < 1.29 is 20.1 Å². The number of ether oxygens (including phenoxy) is 1. The van der Waals surface area contributed by atoms with Crippen molar-refractivity contribution in [3.8, 4) is 0 Å². The van der Waals surface area contributed by atoms with Crippen molar-refractivity contribution in [2.75, 3.05) is 12.3 Å². The van der Waals surface area contributed by atoms with Crippen molar-refractivity contribution in [2.45, 2.75) is 31.0 Å². The zero-order valence-corrected chi connectivity index (χ0v) is 10.9. The van der Waals surface area contributed by atoms with Gasteiger partial charge in [-0.2, -0.15) is 4.98 Å². The number of nitrogens with zero attached hydrogens (tertiary/aromatic N) is 2. The maximum Gasteiger partial charge on any atom is 0.351 e. The van der Waals surface area contributed by atoms with E-state index >= 15 is 0 Å². The molecule has 0 aliphatic carbocycles. The molecule has 2 rings (SSSR count). The van der Waals surface area contributed by atoms with Crippen LogP contribution in [-0.4, -0.2) is 49.3 Å². The lowest BCUT2D eigenvalue weighted by Crippen LogP contribution is -2.44. The first-order valence-electron chi connectivity index (χ1n) is 6.08. The molecule has 0 aromatic carbocycles. The standard InChI is InChI=1S/C12H17N3O5/c1-2-4-12(6-16)9(18)8(17)10(20-12)15-5-3-7(13)14-11(15)19/h2-5,8-10,16-18H,6H2,1H3,(H2,13,14,19)/b4-2-/t8-,9+,10-,12-/m1/s1. The van der Waals surface area contributed by atoms with Crippen LogP contribution in [0, 0.1) is 0 Å². The second kappa shape index (κ2) is 5.33. The van der Waals surface area contributed by atoms with Crippen LogP contribution in [0.15, 0.2) is 29.2 Å². The first-order chi connectivity index (χ1) is 9.45. The van der Waals surface area contributed by atoms with E-state index in [0.29, 0.717) is 0 Å². The van der Waals surface area contributed by atoms with Crippen molar-refractivity contribution in [2.24, 2.45) is 0 Å². The molecule has 0 spiro atoms. The van der Waals surface area contributed by atoms with Crippen molar-refractivity contribution in [1.29, 1.82) is 0 Å². The van der Waals surface area contributed by atoms with Crippen LogP contribution < -0.4 is 11.4 Å². The predicted molar refractivity (Wildman–Crippen MR) is 69.7 cm³/mol. The van der Waals surface area contributed by atoms with Gasteiger partial charge in [-0.05, 0) is 13.0 Å². The number of nitrogens with two attached hydrogens (primary N) is 1. The molecule has 0 radical (unpaired) electrons. The summed E-state index contributed by atoms with van der Waals surface area (Å²) in [6.07, 6.45) is 0.414. The molecule has 1 aromatic rings. The molecule has 1 aromatic heterocycles. The Morgan fingerprint density at radius 3 is 2.85 bits per heavy atom. The van der Waals surface area contributed by atoms with Gasteiger partial charge < -0.3 is 25.8 Å². The Bertz CT molecular complexity index is 572. The second-order valence-corrected chi connectivity index (χ2v) is 4.60. The lowest BCUT2D eigenvalue weighted by atomic mass is 9.95. The summed E-state index contributed by atoms with van der Waals surface area (Å²) in [7, 11) is 0. The van der Waals surface area contributed by atoms with E-state index < -0.39 is 36.3 Å². The van der Waals surface area contributed by atoms with Gasteiger partial charge >= 0.3 is 5.69 Å². The van der Waals surface area contributed by atoms with Gasteiger partial charge in [-0.25, -0.2) is 4.79 Å². The van der Waals surface area contributed by atoms with Gasteiger partial charge in [0.1, 0.15) is 23.6 Å². The van der Waals surface area contributed by atoms with Crippen LogP contribution in [0.1, 0.15) is 13.2 Å². The number of aliphatic hydroxyl groups is 3. The largest absolute Gasteiger partial charge is 0.393 e. The lowest BCUT2D eigenvalue weighted by molar-refractivity contribution is -0.0995. The fourth-order valence-electron chi connectivity index (χ4n) is 2.25. The number of anilines is 1. The van der Waals surface area contributed by atoms with E-state index in [4.69, 9.17) is 10.5 Å². The molecule has 0 unspecified atom stereocenters. The summed E-state index contributed by atoms with van der Waals surface area (Å²) in [5, 5.41) is 29.6. The molecular weight excluding hydrogens is 266 g/mol. The Hall–Kier alpha value is -1.74. The summed E-state index contributed by atoms with van der Waals surface area (Å²) in [6, 6.07) is 1.37. The Morgan fingerprint density at radius 2 is 2.30 bits per heavy atom. The van der Waals surface area contributed by atoms with Gasteiger partial charge in [-0.15, -0.1) is 0 Å². The van der Waals surface area contributed by atoms with Gasteiger partial charge in [0.2, 0.25) is 0 Å². The molecule has 2 heterocycles. The summed E-state index contributed by atoms with van der Waals surface area (Å²) in [5.41, 5.74) is 3.22. The average Bonchev–Trinajstić information content (AvgIpc) is 2.65. The molecule has 8 nitrogen and oxygen atoms in total. The van der Waals surface area contributed by atoms with Gasteiger partial charge in [-0.1, -0.05) is 12.2 Å². The molecule has 1 saturated heterocycles. The van der Waals surface area contributed by atoms with Gasteiger partial charge in [-0.3, -0.25) is 4.57 Å². The monoisotopic (exact) mass is 283 g/mol. The van der Waals surface area contributed by atoms with Crippen molar-refractivity contribution in [1.82, 2.24) is 9.55 Å². The van der Waals surface area contributed by atoms with Crippen LogP contribution in [0.5, 0.6) is 0 Å².